The van der Waals surface area contributed by atoms with Crippen molar-refractivity contribution < 1.29 is 42.5 Å². The average Bonchev–Trinajstić information content (AvgIpc) is 3.07. The Morgan fingerprint density at radius 2 is 0.957 bits per heavy atom. The lowest BCUT2D eigenvalue weighted by molar-refractivity contribution is -0.291. The van der Waals surface area contributed by atoms with Crippen molar-refractivity contribution in [3.63, 3.8) is 0 Å². The molecule has 0 amide bonds. The number of benzene rings is 3. The molecule has 1 aliphatic rings. The molecule has 1 fully saturated rings. The maximum atomic E-state index is 13.6. The van der Waals surface area contributed by atoms with Crippen molar-refractivity contribution in [3.8, 4) is 0 Å². The predicted molar refractivity (Wildman–Crippen MR) is 180 cm³/mol. The standard InChI is InChI=1S/C37H46O9Si/c1-24(2)47(25(3)4,26(5)6)42-23-30-31(44-34(38)27-17-11-8-12-18-27)32(45-35(39)28-19-13-9-14-20-28)33(37(41-7)43-30)46-36(40)29-21-15-10-16-22-29/h8-22,24-26,30-33,37H,23H2,1-7H3/t30-,31+,32+,33-,37-/m1/s1. The highest BCUT2D eigenvalue weighted by Gasteiger charge is 2.54. The van der Waals surface area contributed by atoms with Crippen LogP contribution in [0.5, 0.6) is 0 Å². The number of ether oxygens (including phenoxy) is 5. The first-order chi connectivity index (χ1) is 22.5. The summed E-state index contributed by atoms with van der Waals surface area (Å²) in [5.74, 6) is -2.03. The molecule has 1 heterocycles. The van der Waals surface area contributed by atoms with Crippen LogP contribution in [0.1, 0.15) is 72.6 Å². The molecule has 1 saturated heterocycles. The molecule has 0 N–H and O–H groups in total. The molecule has 47 heavy (non-hydrogen) atoms. The third kappa shape index (κ3) is 8.37. The summed E-state index contributed by atoms with van der Waals surface area (Å²) in [7, 11) is -1.02. The summed E-state index contributed by atoms with van der Waals surface area (Å²) in [5, 5.41) is 0. The van der Waals surface area contributed by atoms with Gasteiger partial charge in [0.2, 0.25) is 0 Å². The van der Waals surface area contributed by atoms with Crippen LogP contribution in [0.15, 0.2) is 91.0 Å². The summed E-state index contributed by atoms with van der Waals surface area (Å²) in [6, 6.07) is 25.3. The molecule has 3 aromatic carbocycles. The van der Waals surface area contributed by atoms with Gasteiger partial charge in [0.1, 0.15) is 6.10 Å². The van der Waals surface area contributed by atoms with Gasteiger partial charge in [-0.05, 0) is 53.0 Å². The number of carbonyl (C=O) groups is 3. The van der Waals surface area contributed by atoms with Gasteiger partial charge in [-0.1, -0.05) is 96.1 Å². The van der Waals surface area contributed by atoms with E-state index in [1.165, 1.54) is 7.11 Å². The molecular weight excluding hydrogens is 616 g/mol. The zero-order valence-electron chi connectivity index (χ0n) is 28.2. The van der Waals surface area contributed by atoms with Crippen LogP contribution in [-0.4, -0.2) is 70.6 Å². The number of hydrogen-bond acceptors (Lipinski definition) is 9. The molecule has 0 unspecified atom stereocenters. The summed E-state index contributed by atoms with van der Waals surface area (Å²) < 4.78 is 37.3. The molecule has 0 aliphatic carbocycles. The second-order valence-corrected chi connectivity index (χ2v) is 18.1. The molecule has 0 spiro atoms. The number of hydrogen-bond donors (Lipinski definition) is 0. The lowest BCUT2D eigenvalue weighted by atomic mass is 9.97. The van der Waals surface area contributed by atoms with Gasteiger partial charge in [-0.2, -0.15) is 0 Å². The molecule has 3 aromatic rings. The topological polar surface area (TPSA) is 107 Å². The molecular formula is C37H46O9Si. The highest BCUT2D eigenvalue weighted by atomic mass is 28.4. The average molecular weight is 663 g/mol. The van der Waals surface area contributed by atoms with Gasteiger partial charge < -0.3 is 28.1 Å². The van der Waals surface area contributed by atoms with Gasteiger partial charge in [0.05, 0.1) is 23.3 Å². The Hall–Kier alpha value is -3.83. The van der Waals surface area contributed by atoms with E-state index in [0.29, 0.717) is 5.56 Å². The molecule has 10 heteroatoms. The molecule has 9 nitrogen and oxygen atoms in total. The molecule has 252 valence electrons. The van der Waals surface area contributed by atoms with Crippen LogP contribution >= 0.6 is 0 Å². The van der Waals surface area contributed by atoms with Crippen LogP contribution in [-0.2, 0) is 28.1 Å². The highest BCUT2D eigenvalue weighted by Crippen LogP contribution is 2.43. The number of methoxy groups -OCH3 is 1. The van der Waals surface area contributed by atoms with E-state index in [9.17, 15) is 14.4 Å². The summed E-state index contributed by atoms with van der Waals surface area (Å²) in [5.41, 5.74) is 1.64. The van der Waals surface area contributed by atoms with Crippen molar-refractivity contribution >= 4 is 26.2 Å². The van der Waals surface area contributed by atoms with Gasteiger partial charge in [-0.25, -0.2) is 14.4 Å². The fraction of sp³-hybridized carbons (Fsp3) is 0.432. The zero-order chi connectivity index (χ0) is 34.1. The summed E-state index contributed by atoms with van der Waals surface area (Å²) in [6.07, 6.45) is -5.95. The molecule has 1 aliphatic heterocycles. The predicted octanol–water partition coefficient (Wildman–Crippen LogP) is 7.23. The van der Waals surface area contributed by atoms with Crippen LogP contribution in [0.3, 0.4) is 0 Å². The van der Waals surface area contributed by atoms with Crippen molar-refractivity contribution in [2.45, 2.75) is 88.9 Å². The Morgan fingerprint density at radius 3 is 1.32 bits per heavy atom. The van der Waals surface area contributed by atoms with Gasteiger partial charge in [0.15, 0.2) is 32.9 Å². The monoisotopic (exact) mass is 662 g/mol. The second-order valence-electron chi connectivity index (χ2n) is 12.6. The quantitative estimate of drug-likeness (QED) is 0.106. The fourth-order valence-corrected chi connectivity index (χ4v) is 12.1. The van der Waals surface area contributed by atoms with Gasteiger partial charge in [-0.3, -0.25) is 0 Å². The SMILES string of the molecule is CO[C@@H]1O[C@H](CO[Si](C(C)C)(C(C)C)C(C)C)[C@H](OC(=O)c2ccccc2)[C@H](OC(=O)c2ccccc2)[C@H]1OC(=O)c1ccccc1. The van der Waals surface area contributed by atoms with E-state index in [-0.39, 0.29) is 34.4 Å². The lowest BCUT2D eigenvalue weighted by Gasteiger charge is -2.47. The Morgan fingerprint density at radius 1 is 0.596 bits per heavy atom. The van der Waals surface area contributed by atoms with Crippen molar-refractivity contribution in [1.82, 2.24) is 0 Å². The molecule has 0 aromatic heterocycles. The Bertz CT molecular complexity index is 1420. The van der Waals surface area contributed by atoms with Crippen molar-refractivity contribution in [1.29, 1.82) is 0 Å². The number of rotatable bonds is 13. The van der Waals surface area contributed by atoms with Crippen molar-refractivity contribution in [3.05, 3.63) is 108 Å². The smallest absolute Gasteiger partial charge is 0.338 e. The van der Waals surface area contributed by atoms with Crippen LogP contribution in [0.4, 0.5) is 0 Å². The third-order valence-corrected chi connectivity index (χ3v) is 14.9. The summed E-state index contributed by atoms with van der Waals surface area (Å²) >= 11 is 0. The second kappa shape index (κ2) is 16.3. The third-order valence-electron chi connectivity index (χ3n) is 8.79. The lowest BCUT2D eigenvalue weighted by Crippen LogP contribution is -2.63. The minimum absolute atomic E-state index is 0.0338. The van der Waals surface area contributed by atoms with E-state index in [4.69, 9.17) is 28.1 Å². The Balaban J connectivity index is 1.78. The van der Waals surface area contributed by atoms with Gasteiger partial charge >= 0.3 is 17.9 Å². The zero-order valence-corrected chi connectivity index (χ0v) is 29.2. The van der Waals surface area contributed by atoms with Crippen molar-refractivity contribution in [2.75, 3.05) is 13.7 Å². The Kier molecular flexibility index (Phi) is 12.5. The normalized spacial score (nSPS) is 21.4. The summed E-state index contributed by atoms with van der Waals surface area (Å²) in [6.45, 7) is 13.0. The number of carbonyl (C=O) groups excluding carboxylic acids is 3. The van der Waals surface area contributed by atoms with E-state index < -0.39 is 56.9 Å². The molecule has 0 radical (unpaired) electrons. The van der Waals surface area contributed by atoms with E-state index in [0.717, 1.165) is 0 Å². The largest absolute Gasteiger partial charge is 0.452 e. The van der Waals surface area contributed by atoms with Crippen LogP contribution < -0.4 is 0 Å². The van der Waals surface area contributed by atoms with Crippen LogP contribution in [0.25, 0.3) is 0 Å². The van der Waals surface area contributed by atoms with Gasteiger partial charge in [0, 0.05) is 7.11 Å². The first-order valence-corrected chi connectivity index (χ1v) is 18.2. The minimum atomic E-state index is -2.43. The van der Waals surface area contributed by atoms with Gasteiger partial charge in [0.25, 0.3) is 0 Å². The first kappa shape index (κ1) is 36.0. The molecule has 0 saturated carbocycles. The molecule has 0 bridgehead atoms. The molecule has 5 atom stereocenters. The highest BCUT2D eigenvalue weighted by molar-refractivity contribution is 6.77. The van der Waals surface area contributed by atoms with Gasteiger partial charge in [-0.15, -0.1) is 0 Å². The first-order valence-electron chi connectivity index (χ1n) is 16.1. The maximum absolute atomic E-state index is 13.6. The van der Waals surface area contributed by atoms with Crippen LogP contribution in [0.2, 0.25) is 16.6 Å². The van der Waals surface area contributed by atoms with E-state index in [1.54, 1.807) is 91.0 Å². The maximum Gasteiger partial charge on any atom is 0.338 e. The van der Waals surface area contributed by atoms with Crippen molar-refractivity contribution in [2.24, 2.45) is 0 Å². The van der Waals surface area contributed by atoms with Crippen LogP contribution in [0, 0.1) is 0 Å². The summed E-state index contributed by atoms with van der Waals surface area (Å²) in [4.78, 5) is 40.6. The molecule has 4 rings (SSSR count). The van der Waals surface area contributed by atoms with E-state index in [2.05, 4.69) is 41.5 Å². The van der Waals surface area contributed by atoms with E-state index >= 15 is 0 Å². The Labute approximate surface area is 278 Å². The van der Waals surface area contributed by atoms with E-state index in [1.807, 2.05) is 0 Å². The number of esters is 3. The fourth-order valence-electron chi connectivity index (χ4n) is 6.63. The minimum Gasteiger partial charge on any atom is -0.452 e.